The Morgan fingerprint density at radius 3 is 2.03 bits per heavy atom. The highest BCUT2D eigenvalue weighted by molar-refractivity contribution is 5.91. The summed E-state index contributed by atoms with van der Waals surface area (Å²) in [6.07, 6.45) is 4.93. The Morgan fingerprint density at radius 1 is 0.862 bits per heavy atom. The molecule has 1 unspecified atom stereocenters. The molecule has 0 aliphatic carbocycles. The third-order valence-corrected chi connectivity index (χ3v) is 5.50. The summed E-state index contributed by atoms with van der Waals surface area (Å²) in [5, 5.41) is 0. The first-order valence-electron chi connectivity index (χ1n) is 10.5. The smallest absolute Gasteiger partial charge is 0.343 e. The van der Waals surface area contributed by atoms with Gasteiger partial charge in [-0.2, -0.15) is 0 Å². The molecule has 0 spiro atoms. The average Bonchev–Trinajstić information content (AvgIpc) is 2.75. The predicted molar refractivity (Wildman–Crippen MR) is 120 cm³/mol. The second-order valence-electron chi connectivity index (χ2n) is 7.88. The summed E-state index contributed by atoms with van der Waals surface area (Å²) in [5.41, 5.74) is 5.36. The number of aryl methyl sites for hydroxylation is 2. The van der Waals surface area contributed by atoms with Crippen molar-refractivity contribution in [1.82, 2.24) is 0 Å². The Morgan fingerprint density at radius 2 is 1.45 bits per heavy atom. The van der Waals surface area contributed by atoms with Crippen LogP contribution in [0.5, 0.6) is 5.75 Å². The van der Waals surface area contributed by atoms with Gasteiger partial charge in [0.2, 0.25) is 0 Å². The van der Waals surface area contributed by atoms with Gasteiger partial charge in [0.15, 0.2) is 0 Å². The third kappa shape index (κ3) is 6.05. The summed E-state index contributed by atoms with van der Waals surface area (Å²) >= 11 is 0. The zero-order chi connectivity index (χ0) is 20.6. The number of esters is 1. The molecule has 0 amide bonds. The van der Waals surface area contributed by atoms with Gasteiger partial charge in [0, 0.05) is 0 Å². The zero-order valence-corrected chi connectivity index (χ0v) is 17.7. The molecule has 2 heteroatoms. The molecule has 3 aromatic carbocycles. The standard InChI is InChI=1S/C27H30O2/c1-4-20(2)6-5-7-22-10-14-23(15-11-22)24-16-18-26(19-17-24)29-27(28)25-12-8-21(3)9-13-25/h8-20H,4-7H2,1-3H3. The maximum Gasteiger partial charge on any atom is 0.343 e. The molecule has 0 aromatic heterocycles. The van der Waals surface area contributed by atoms with Gasteiger partial charge in [-0.05, 0) is 66.6 Å². The monoisotopic (exact) mass is 386 g/mol. The molecule has 1 atom stereocenters. The number of carbonyl (C=O) groups is 1. The number of rotatable bonds is 8. The Kier molecular flexibility index (Phi) is 7.24. The van der Waals surface area contributed by atoms with Crippen LogP contribution in [0.4, 0.5) is 0 Å². The fraction of sp³-hybridized carbons (Fsp3) is 0.296. The van der Waals surface area contributed by atoms with Crippen molar-refractivity contribution >= 4 is 5.97 Å². The SMILES string of the molecule is CCC(C)CCCc1ccc(-c2ccc(OC(=O)c3ccc(C)cc3)cc2)cc1. The van der Waals surface area contributed by atoms with Crippen LogP contribution in [0.15, 0.2) is 72.8 Å². The molecule has 0 bridgehead atoms. The van der Waals surface area contributed by atoms with E-state index in [1.54, 1.807) is 12.1 Å². The quantitative estimate of drug-likeness (QED) is 0.301. The molecular formula is C27H30O2. The molecule has 29 heavy (non-hydrogen) atoms. The fourth-order valence-electron chi connectivity index (χ4n) is 3.29. The Bertz CT molecular complexity index is 906. The van der Waals surface area contributed by atoms with Crippen molar-refractivity contribution in [1.29, 1.82) is 0 Å². The zero-order valence-electron chi connectivity index (χ0n) is 17.7. The van der Waals surface area contributed by atoms with Crippen molar-refractivity contribution in [2.75, 3.05) is 0 Å². The maximum absolute atomic E-state index is 12.2. The van der Waals surface area contributed by atoms with Crippen molar-refractivity contribution in [2.45, 2.75) is 46.5 Å². The van der Waals surface area contributed by atoms with Crippen molar-refractivity contribution in [3.05, 3.63) is 89.5 Å². The van der Waals surface area contributed by atoms with Crippen LogP contribution in [0, 0.1) is 12.8 Å². The van der Waals surface area contributed by atoms with Gasteiger partial charge in [-0.3, -0.25) is 0 Å². The molecule has 150 valence electrons. The van der Waals surface area contributed by atoms with E-state index in [9.17, 15) is 4.79 Å². The van der Waals surface area contributed by atoms with Crippen LogP contribution in [-0.2, 0) is 6.42 Å². The molecule has 0 heterocycles. The van der Waals surface area contributed by atoms with E-state index in [0.29, 0.717) is 11.3 Å². The van der Waals surface area contributed by atoms with Crippen LogP contribution >= 0.6 is 0 Å². The maximum atomic E-state index is 12.2. The van der Waals surface area contributed by atoms with Crippen LogP contribution in [0.3, 0.4) is 0 Å². The van der Waals surface area contributed by atoms with Gasteiger partial charge in [-0.15, -0.1) is 0 Å². The highest BCUT2D eigenvalue weighted by atomic mass is 16.5. The normalized spacial score (nSPS) is 11.8. The predicted octanol–water partition coefficient (Wildman–Crippen LogP) is 7.25. The fourth-order valence-corrected chi connectivity index (χ4v) is 3.29. The molecule has 3 aromatic rings. The molecule has 2 nitrogen and oxygen atoms in total. The first kappa shape index (κ1) is 20.9. The average molecular weight is 387 g/mol. The van der Waals surface area contributed by atoms with E-state index in [4.69, 9.17) is 4.74 Å². The van der Waals surface area contributed by atoms with Crippen molar-refractivity contribution < 1.29 is 9.53 Å². The van der Waals surface area contributed by atoms with Crippen LogP contribution in [-0.4, -0.2) is 5.97 Å². The lowest BCUT2D eigenvalue weighted by atomic mass is 9.98. The molecule has 0 aliphatic heterocycles. The first-order chi connectivity index (χ1) is 14.0. The van der Waals surface area contributed by atoms with Gasteiger partial charge < -0.3 is 4.74 Å². The number of benzene rings is 3. The van der Waals surface area contributed by atoms with E-state index >= 15 is 0 Å². The van der Waals surface area contributed by atoms with Gasteiger partial charge >= 0.3 is 5.97 Å². The van der Waals surface area contributed by atoms with Gasteiger partial charge in [-0.25, -0.2) is 4.79 Å². The minimum absolute atomic E-state index is 0.334. The van der Waals surface area contributed by atoms with Crippen LogP contribution < -0.4 is 4.74 Å². The Hall–Kier alpha value is -2.87. The Labute approximate surface area is 174 Å². The van der Waals surface area contributed by atoms with Gasteiger partial charge in [0.25, 0.3) is 0 Å². The van der Waals surface area contributed by atoms with Gasteiger partial charge in [0.1, 0.15) is 5.75 Å². The van der Waals surface area contributed by atoms with E-state index in [-0.39, 0.29) is 5.97 Å². The molecule has 0 saturated carbocycles. The van der Waals surface area contributed by atoms with E-state index in [1.807, 2.05) is 43.3 Å². The van der Waals surface area contributed by atoms with Crippen LogP contribution in [0.1, 0.15) is 54.6 Å². The Balaban J connectivity index is 1.58. The number of hydrogen-bond acceptors (Lipinski definition) is 2. The summed E-state index contributed by atoms with van der Waals surface area (Å²) in [4.78, 5) is 12.2. The highest BCUT2D eigenvalue weighted by Crippen LogP contribution is 2.24. The van der Waals surface area contributed by atoms with E-state index < -0.39 is 0 Å². The van der Waals surface area contributed by atoms with E-state index in [2.05, 4.69) is 38.1 Å². The van der Waals surface area contributed by atoms with Crippen LogP contribution in [0.25, 0.3) is 11.1 Å². The third-order valence-electron chi connectivity index (χ3n) is 5.50. The highest BCUT2D eigenvalue weighted by Gasteiger charge is 2.08. The second kappa shape index (κ2) is 10.1. The topological polar surface area (TPSA) is 26.3 Å². The van der Waals surface area contributed by atoms with Gasteiger partial charge in [-0.1, -0.05) is 80.8 Å². The second-order valence-corrected chi connectivity index (χ2v) is 7.88. The summed E-state index contributed by atoms with van der Waals surface area (Å²) < 4.78 is 5.48. The molecule has 0 saturated heterocycles. The largest absolute Gasteiger partial charge is 0.423 e. The van der Waals surface area contributed by atoms with Crippen LogP contribution in [0.2, 0.25) is 0 Å². The summed E-state index contributed by atoms with van der Waals surface area (Å²) in [5.74, 6) is 1.04. The minimum Gasteiger partial charge on any atom is -0.423 e. The number of ether oxygens (including phenoxy) is 1. The molecule has 0 fully saturated rings. The molecule has 0 N–H and O–H groups in total. The molecule has 3 rings (SSSR count). The lowest BCUT2D eigenvalue weighted by Gasteiger charge is -2.09. The lowest BCUT2D eigenvalue weighted by Crippen LogP contribution is -2.08. The van der Waals surface area contributed by atoms with E-state index in [0.717, 1.165) is 23.5 Å². The van der Waals surface area contributed by atoms with Crippen molar-refractivity contribution in [2.24, 2.45) is 5.92 Å². The minimum atomic E-state index is -0.334. The number of hydrogen-bond donors (Lipinski definition) is 0. The lowest BCUT2D eigenvalue weighted by molar-refractivity contribution is 0.0735. The summed E-state index contributed by atoms with van der Waals surface area (Å²) in [6, 6.07) is 23.9. The van der Waals surface area contributed by atoms with Crippen molar-refractivity contribution in [3.8, 4) is 16.9 Å². The van der Waals surface area contributed by atoms with E-state index in [1.165, 1.54) is 30.4 Å². The summed E-state index contributed by atoms with van der Waals surface area (Å²) in [7, 11) is 0. The number of carbonyl (C=O) groups excluding carboxylic acids is 1. The van der Waals surface area contributed by atoms with Gasteiger partial charge in [0.05, 0.1) is 5.56 Å². The molecule has 0 aliphatic rings. The molecular weight excluding hydrogens is 356 g/mol. The molecule has 0 radical (unpaired) electrons. The first-order valence-corrected chi connectivity index (χ1v) is 10.5. The summed E-state index contributed by atoms with van der Waals surface area (Å²) in [6.45, 7) is 6.58. The van der Waals surface area contributed by atoms with Crippen molar-refractivity contribution in [3.63, 3.8) is 0 Å².